The SMILES string of the molecule is CC(C)CCn1c(C(=O)NCc2cccnc2)cc2ccccc2c1=O. The molecule has 0 atom stereocenters. The van der Waals surface area contributed by atoms with Crippen molar-refractivity contribution in [2.75, 3.05) is 0 Å². The normalized spacial score (nSPS) is 11.0. The molecule has 0 saturated carbocycles. The molecular formula is C21H23N3O2. The molecule has 0 fully saturated rings. The second-order valence-electron chi connectivity index (χ2n) is 6.80. The Morgan fingerprint density at radius 2 is 2.00 bits per heavy atom. The van der Waals surface area contributed by atoms with Gasteiger partial charge in [-0.3, -0.25) is 14.6 Å². The minimum absolute atomic E-state index is 0.115. The molecule has 5 heteroatoms. The average Bonchev–Trinajstić information content (AvgIpc) is 2.66. The van der Waals surface area contributed by atoms with Crippen LogP contribution in [0, 0.1) is 5.92 Å². The zero-order valence-corrected chi connectivity index (χ0v) is 15.1. The van der Waals surface area contributed by atoms with Crippen LogP contribution < -0.4 is 10.9 Å². The molecule has 134 valence electrons. The Hall–Kier alpha value is -2.95. The summed E-state index contributed by atoms with van der Waals surface area (Å²) >= 11 is 0. The first kappa shape index (κ1) is 17.9. The van der Waals surface area contributed by atoms with Gasteiger partial charge < -0.3 is 9.88 Å². The second-order valence-corrected chi connectivity index (χ2v) is 6.80. The quantitative estimate of drug-likeness (QED) is 0.742. The van der Waals surface area contributed by atoms with Gasteiger partial charge in [-0.05, 0) is 41.5 Å². The van der Waals surface area contributed by atoms with Gasteiger partial charge >= 0.3 is 0 Å². The standard InChI is InChI=1S/C21H23N3O2/c1-15(2)9-11-24-19(12-17-7-3-4-8-18(17)21(24)26)20(25)23-14-16-6-5-10-22-13-16/h3-8,10,12-13,15H,9,11,14H2,1-2H3,(H,23,25). The number of rotatable bonds is 6. The summed E-state index contributed by atoms with van der Waals surface area (Å²) in [6.45, 7) is 5.11. The molecule has 0 spiro atoms. The topological polar surface area (TPSA) is 64.0 Å². The number of pyridine rings is 2. The van der Waals surface area contributed by atoms with Crippen LogP contribution in [0.1, 0.15) is 36.3 Å². The van der Waals surface area contributed by atoms with Crippen molar-refractivity contribution in [3.63, 3.8) is 0 Å². The Labute approximate surface area is 152 Å². The smallest absolute Gasteiger partial charge is 0.268 e. The summed E-state index contributed by atoms with van der Waals surface area (Å²) in [7, 11) is 0. The van der Waals surface area contributed by atoms with Crippen molar-refractivity contribution in [2.24, 2.45) is 5.92 Å². The van der Waals surface area contributed by atoms with Crippen molar-refractivity contribution in [3.8, 4) is 0 Å². The fraction of sp³-hybridized carbons (Fsp3) is 0.286. The lowest BCUT2D eigenvalue weighted by Gasteiger charge is -2.15. The summed E-state index contributed by atoms with van der Waals surface area (Å²) in [6.07, 6.45) is 4.24. The van der Waals surface area contributed by atoms with Gasteiger partial charge in [-0.1, -0.05) is 38.1 Å². The third-order valence-electron chi connectivity index (χ3n) is 4.36. The number of nitrogens with one attached hydrogen (secondary N) is 1. The van der Waals surface area contributed by atoms with Gasteiger partial charge in [-0.25, -0.2) is 0 Å². The fourth-order valence-electron chi connectivity index (χ4n) is 2.87. The summed E-state index contributed by atoms with van der Waals surface area (Å²) in [4.78, 5) is 29.8. The molecule has 5 nitrogen and oxygen atoms in total. The minimum atomic E-state index is -0.250. The fourth-order valence-corrected chi connectivity index (χ4v) is 2.87. The number of hydrogen-bond donors (Lipinski definition) is 1. The largest absolute Gasteiger partial charge is 0.347 e. The highest BCUT2D eigenvalue weighted by Gasteiger charge is 2.15. The average molecular weight is 349 g/mol. The first-order chi connectivity index (χ1) is 12.6. The molecule has 1 aromatic carbocycles. The van der Waals surface area contributed by atoms with Gasteiger partial charge in [0.15, 0.2) is 0 Å². The highest BCUT2D eigenvalue weighted by Crippen LogP contribution is 2.14. The van der Waals surface area contributed by atoms with E-state index in [1.807, 2.05) is 30.3 Å². The minimum Gasteiger partial charge on any atom is -0.347 e. The van der Waals surface area contributed by atoms with Gasteiger partial charge in [-0.15, -0.1) is 0 Å². The van der Waals surface area contributed by atoms with E-state index in [0.29, 0.717) is 30.1 Å². The van der Waals surface area contributed by atoms with E-state index in [1.54, 1.807) is 29.1 Å². The lowest BCUT2D eigenvalue weighted by molar-refractivity contribution is 0.0940. The predicted molar refractivity (Wildman–Crippen MR) is 103 cm³/mol. The maximum absolute atomic E-state index is 12.9. The second kappa shape index (κ2) is 7.95. The monoisotopic (exact) mass is 349 g/mol. The number of carbonyl (C=O) groups is 1. The van der Waals surface area contributed by atoms with Crippen molar-refractivity contribution in [1.29, 1.82) is 0 Å². The molecule has 3 rings (SSSR count). The Kier molecular flexibility index (Phi) is 5.46. The van der Waals surface area contributed by atoms with Crippen molar-refractivity contribution in [1.82, 2.24) is 14.9 Å². The van der Waals surface area contributed by atoms with E-state index < -0.39 is 0 Å². The Morgan fingerprint density at radius 1 is 1.19 bits per heavy atom. The van der Waals surface area contributed by atoms with Crippen LogP contribution in [0.25, 0.3) is 10.8 Å². The van der Waals surface area contributed by atoms with Gasteiger partial charge in [0.1, 0.15) is 5.69 Å². The number of fused-ring (bicyclic) bond motifs is 1. The van der Waals surface area contributed by atoms with Crippen LogP contribution in [0.2, 0.25) is 0 Å². The first-order valence-corrected chi connectivity index (χ1v) is 8.86. The molecule has 0 radical (unpaired) electrons. The molecule has 0 aliphatic carbocycles. The molecule has 0 unspecified atom stereocenters. The Bertz CT molecular complexity index is 962. The highest BCUT2D eigenvalue weighted by molar-refractivity contribution is 5.96. The summed E-state index contributed by atoms with van der Waals surface area (Å²) in [5.41, 5.74) is 1.20. The molecule has 2 aromatic heterocycles. The van der Waals surface area contributed by atoms with Crippen molar-refractivity contribution < 1.29 is 4.79 Å². The molecule has 0 aliphatic heterocycles. The lowest BCUT2D eigenvalue weighted by atomic mass is 10.1. The molecule has 1 amide bonds. The molecule has 0 bridgehead atoms. The maximum Gasteiger partial charge on any atom is 0.268 e. The molecule has 26 heavy (non-hydrogen) atoms. The maximum atomic E-state index is 12.9. The zero-order valence-electron chi connectivity index (χ0n) is 15.1. The lowest BCUT2D eigenvalue weighted by Crippen LogP contribution is -2.32. The third kappa shape index (κ3) is 3.99. The number of amides is 1. The van der Waals surface area contributed by atoms with Crippen LogP contribution in [0.4, 0.5) is 0 Å². The number of aromatic nitrogens is 2. The number of nitrogens with zero attached hydrogens (tertiary/aromatic N) is 2. The first-order valence-electron chi connectivity index (χ1n) is 8.86. The number of hydrogen-bond acceptors (Lipinski definition) is 3. The van der Waals surface area contributed by atoms with E-state index in [2.05, 4.69) is 24.1 Å². The molecule has 0 saturated heterocycles. The van der Waals surface area contributed by atoms with Gasteiger partial charge in [-0.2, -0.15) is 0 Å². The molecule has 2 heterocycles. The van der Waals surface area contributed by atoms with E-state index >= 15 is 0 Å². The van der Waals surface area contributed by atoms with E-state index in [-0.39, 0.29) is 11.5 Å². The highest BCUT2D eigenvalue weighted by atomic mass is 16.2. The number of benzene rings is 1. The van der Waals surface area contributed by atoms with E-state index in [4.69, 9.17) is 0 Å². The molecule has 3 aromatic rings. The van der Waals surface area contributed by atoms with E-state index in [9.17, 15) is 9.59 Å². The third-order valence-corrected chi connectivity index (χ3v) is 4.36. The molecular weight excluding hydrogens is 326 g/mol. The van der Waals surface area contributed by atoms with Crippen LogP contribution in [-0.4, -0.2) is 15.5 Å². The van der Waals surface area contributed by atoms with Crippen LogP contribution >= 0.6 is 0 Å². The Balaban J connectivity index is 1.95. The van der Waals surface area contributed by atoms with Crippen LogP contribution in [0.15, 0.2) is 59.7 Å². The van der Waals surface area contributed by atoms with Gasteiger partial charge in [0, 0.05) is 30.9 Å². The van der Waals surface area contributed by atoms with Gasteiger partial charge in [0.25, 0.3) is 11.5 Å². The van der Waals surface area contributed by atoms with Crippen LogP contribution in [-0.2, 0) is 13.1 Å². The van der Waals surface area contributed by atoms with E-state index in [0.717, 1.165) is 17.4 Å². The van der Waals surface area contributed by atoms with Crippen LogP contribution in [0.3, 0.4) is 0 Å². The van der Waals surface area contributed by atoms with Crippen molar-refractivity contribution in [2.45, 2.75) is 33.4 Å². The predicted octanol–water partition coefficient (Wildman–Crippen LogP) is 3.37. The van der Waals surface area contributed by atoms with Crippen molar-refractivity contribution in [3.05, 3.63) is 76.5 Å². The van der Waals surface area contributed by atoms with E-state index in [1.165, 1.54) is 0 Å². The summed E-state index contributed by atoms with van der Waals surface area (Å²) in [6, 6.07) is 12.9. The summed E-state index contributed by atoms with van der Waals surface area (Å²) in [5, 5.41) is 4.32. The molecule has 1 N–H and O–H groups in total. The Morgan fingerprint density at radius 3 is 2.73 bits per heavy atom. The van der Waals surface area contributed by atoms with Crippen LogP contribution in [0.5, 0.6) is 0 Å². The summed E-state index contributed by atoms with van der Waals surface area (Å²) in [5.74, 6) is 0.195. The van der Waals surface area contributed by atoms with Crippen molar-refractivity contribution >= 4 is 16.7 Å². The molecule has 0 aliphatic rings. The van der Waals surface area contributed by atoms with Gasteiger partial charge in [0.2, 0.25) is 0 Å². The van der Waals surface area contributed by atoms with Gasteiger partial charge in [0.05, 0.1) is 0 Å². The number of carbonyl (C=O) groups excluding carboxylic acids is 1. The zero-order chi connectivity index (χ0) is 18.5. The summed E-state index contributed by atoms with van der Waals surface area (Å²) < 4.78 is 1.60.